The molecule has 2 aromatic carbocycles. The summed E-state index contributed by atoms with van der Waals surface area (Å²) >= 11 is 1.63. The third-order valence-corrected chi connectivity index (χ3v) is 5.04. The van der Waals surface area contributed by atoms with Gasteiger partial charge in [0.25, 0.3) is 5.91 Å². The minimum atomic E-state index is -0.177. The number of carbonyl (C=O) groups excluding carboxylic acids is 1. The topological polar surface area (TPSA) is 46.9 Å². The van der Waals surface area contributed by atoms with Crippen LogP contribution in [0.4, 0.5) is 0 Å². The molecule has 1 N–H and O–H groups in total. The Balaban J connectivity index is 1.59. The zero-order valence-electron chi connectivity index (χ0n) is 13.9. The maximum Gasteiger partial charge on any atom is 0.255 e. The van der Waals surface area contributed by atoms with Gasteiger partial charge in [0.2, 0.25) is 0 Å². The molecule has 0 spiro atoms. The van der Waals surface area contributed by atoms with E-state index in [1.807, 2.05) is 78.2 Å². The maximum absolute atomic E-state index is 12.8. The van der Waals surface area contributed by atoms with Gasteiger partial charge in [0.1, 0.15) is 0 Å². The number of nitrogens with one attached hydrogen (secondary N) is 1. The second-order valence-electron chi connectivity index (χ2n) is 5.84. The monoisotopic (exact) mass is 359 g/mol. The van der Waals surface area contributed by atoms with Crippen LogP contribution in [0.2, 0.25) is 0 Å². The van der Waals surface area contributed by atoms with Crippen molar-refractivity contribution in [3.05, 3.63) is 107 Å². The summed E-state index contributed by atoms with van der Waals surface area (Å²) in [5.41, 5.74) is 2.51. The molecule has 0 unspecified atom stereocenters. The molecule has 4 aromatic rings. The van der Waals surface area contributed by atoms with E-state index >= 15 is 0 Å². The van der Waals surface area contributed by atoms with Crippen LogP contribution in [0.15, 0.2) is 90.6 Å². The summed E-state index contributed by atoms with van der Waals surface area (Å²) in [7, 11) is 0. The summed E-state index contributed by atoms with van der Waals surface area (Å²) < 4.78 is 1.71. The van der Waals surface area contributed by atoms with Gasteiger partial charge in [-0.3, -0.25) is 4.79 Å². The summed E-state index contributed by atoms with van der Waals surface area (Å²) in [5, 5.41) is 9.46. The van der Waals surface area contributed by atoms with Crippen molar-refractivity contribution in [1.29, 1.82) is 0 Å². The van der Waals surface area contributed by atoms with E-state index in [-0.39, 0.29) is 11.9 Å². The van der Waals surface area contributed by atoms with E-state index in [0.29, 0.717) is 5.56 Å². The van der Waals surface area contributed by atoms with E-state index in [0.717, 1.165) is 16.1 Å². The molecule has 128 valence electrons. The molecule has 0 bridgehead atoms. The van der Waals surface area contributed by atoms with Gasteiger partial charge in [-0.2, -0.15) is 5.10 Å². The average Bonchev–Trinajstić information content (AvgIpc) is 3.39. The Labute approximate surface area is 155 Å². The standard InChI is InChI=1S/C21H17N3OS/c25-21(17-14-22-24(15-17)18-10-5-2-6-11-18)23-20(19-12-7-13-26-19)16-8-3-1-4-9-16/h1-15,20H,(H,23,25)/t20-/m1/s1. The van der Waals surface area contributed by atoms with Crippen LogP contribution in [0.25, 0.3) is 5.69 Å². The second-order valence-corrected chi connectivity index (χ2v) is 6.82. The predicted octanol–water partition coefficient (Wildman–Crippen LogP) is 4.45. The number of thiophene rings is 1. The fraction of sp³-hybridized carbons (Fsp3) is 0.0476. The SMILES string of the molecule is O=C(N[C@H](c1ccccc1)c1cccs1)c1cnn(-c2ccccc2)c1. The zero-order chi connectivity index (χ0) is 17.8. The van der Waals surface area contributed by atoms with Crippen molar-refractivity contribution in [2.24, 2.45) is 0 Å². The molecule has 0 saturated carbocycles. The van der Waals surface area contributed by atoms with Crippen LogP contribution >= 0.6 is 11.3 Å². The van der Waals surface area contributed by atoms with Crippen molar-refractivity contribution >= 4 is 17.2 Å². The first-order valence-corrected chi connectivity index (χ1v) is 9.18. The van der Waals surface area contributed by atoms with Gasteiger partial charge in [0, 0.05) is 11.1 Å². The zero-order valence-corrected chi connectivity index (χ0v) is 14.8. The van der Waals surface area contributed by atoms with Gasteiger partial charge in [-0.25, -0.2) is 4.68 Å². The largest absolute Gasteiger partial charge is 0.340 e. The lowest BCUT2D eigenvalue weighted by Crippen LogP contribution is -2.28. The number of hydrogen-bond donors (Lipinski definition) is 1. The Hall–Kier alpha value is -3.18. The van der Waals surface area contributed by atoms with Gasteiger partial charge >= 0.3 is 0 Å². The highest BCUT2D eigenvalue weighted by Gasteiger charge is 2.19. The minimum Gasteiger partial charge on any atom is -0.340 e. The molecule has 0 aliphatic heterocycles. The molecule has 2 aromatic heterocycles. The highest BCUT2D eigenvalue weighted by atomic mass is 32.1. The summed E-state index contributed by atoms with van der Waals surface area (Å²) in [6.45, 7) is 0. The third-order valence-electron chi connectivity index (χ3n) is 4.10. The summed E-state index contributed by atoms with van der Waals surface area (Å²) in [6.07, 6.45) is 3.35. The lowest BCUT2D eigenvalue weighted by molar-refractivity contribution is 0.0943. The fourth-order valence-corrected chi connectivity index (χ4v) is 3.60. The Kier molecular flexibility index (Phi) is 4.62. The fourth-order valence-electron chi connectivity index (χ4n) is 2.80. The van der Waals surface area contributed by atoms with Gasteiger partial charge < -0.3 is 5.32 Å². The molecule has 4 rings (SSSR count). The van der Waals surface area contributed by atoms with Crippen LogP contribution < -0.4 is 5.32 Å². The highest BCUT2D eigenvalue weighted by Crippen LogP contribution is 2.26. The Bertz CT molecular complexity index is 979. The lowest BCUT2D eigenvalue weighted by atomic mass is 10.1. The van der Waals surface area contributed by atoms with Crippen LogP contribution in [0, 0.1) is 0 Å². The van der Waals surface area contributed by atoms with Gasteiger partial charge in [0.05, 0.1) is 23.5 Å². The number of amides is 1. The van der Waals surface area contributed by atoms with Crippen molar-refractivity contribution in [2.45, 2.75) is 6.04 Å². The van der Waals surface area contributed by atoms with E-state index < -0.39 is 0 Å². The van der Waals surface area contributed by atoms with Gasteiger partial charge in [-0.15, -0.1) is 11.3 Å². The number of benzene rings is 2. The van der Waals surface area contributed by atoms with Crippen LogP contribution in [-0.2, 0) is 0 Å². The van der Waals surface area contributed by atoms with Gasteiger partial charge in [-0.1, -0.05) is 54.6 Å². The number of aromatic nitrogens is 2. The van der Waals surface area contributed by atoms with Gasteiger partial charge in [0.15, 0.2) is 0 Å². The van der Waals surface area contributed by atoms with Crippen molar-refractivity contribution in [2.75, 3.05) is 0 Å². The van der Waals surface area contributed by atoms with Crippen LogP contribution in [-0.4, -0.2) is 15.7 Å². The molecule has 0 aliphatic carbocycles. The van der Waals surface area contributed by atoms with Crippen LogP contribution in [0.1, 0.15) is 26.8 Å². The highest BCUT2D eigenvalue weighted by molar-refractivity contribution is 7.10. The first-order chi connectivity index (χ1) is 12.8. The first-order valence-electron chi connectivity index (χ1n) is 8.30. The molecular weight excluding hydrogens is 342 g/mol. The molecule has 0 saturated heterocycles. The van der Waals surface area contributed by atoms with E-state index in [1.54, 1.807) is 28.4 Å². The number of para-hydroxylation sites is 1. The van der Waals surface area contributed by atoms with Crippen molar-refractivity contribution in [1.82, 2.24) is 15.1 Å². The third kappa shape index (κ3) is 3.43. The minimum absolute atomic E-state index is 0.144. The number of nitrogens with zero attached hydrogens (tertiary/aromatic N) is 2. The molecule has 0 aliphatic rings. The van der Waals surface area contributed by atoms with Crippen LogP contribution in [0.3, 0.4) is 0 Å². The van der Waals surface area contributed by atoms with E-state index in [1.165, 1.54) is 0 Å². The number of hydrogen-bond acceptors (Lipinski definition) is 3. The normalized spacial score (nSPS) is 11.8. The summed E-state index contributed by atoms with van der Waals surface area (Å²) in [5.74, 6) is -0.144. The maximum atomic E-state index is 12.8. The molecule has 4 nitrogen and oxygen atoms in total. The second kappa shape index (κ2) is 7.37. The van der Waals surface area contributed by atoms with Crippen molar-refractivity contribution in [3.8, 4) is 5.69 Å². The molecule has 0 fully saturated rings. The quantitative estimate of drug-likeness (QED) is 0.572. The van der Waals surface area contributed by atoms with E-state index in [9.17, 15) is 4.79 Å². The molecule has 0 radical (unpaired) electrons. The van der Waals surface area contributed by atoms with Crippen LogP contribution in [0.5, 0.6) is 0 Å². The molecule has 26 heavy (non-hydrogen) atoms. The van der Waals surface area contributed by atoms with Crippen molar-refractivity contribution in [3.63, 3.8) is 0 Å². The van der Waals surface area contributed by atoms with Crippen molar-refractivity contribution < 1.29 is 4.79 Å². The average molecular weight is 359 g/mol. The molecule has 5 heteroatoms. The van der Waals surface area contributed by atoms with E-state index in [4.69, 9.17) is 0 Å². The smallest absolute Gasteiger partial charge is 0.255 e. The van der Waals surface area contributed by atoms with Gasteiger partial charge in [-0.05, 0) is 29.1 Å². The summed E-state index contributed by atoms with van der Waals surface area (Å²) in [6, 6.07) is 23.6. The lowest BCUT2D eigenvalue weighted by Gasteiger charge is -2.17. The molecule has 2 heterocycles. The predicted molar refractivity (Wildman–Crippen MR) is 104 cm³/mol. The Morgan fingerprint density at radius 3 is 2.38 bits per heavy atom. The van der Waals surface area contributed by atoms with E-state index in [2.05, 4.69) is 10.4 Å². The Morgan fingerprint density at radius 2 is 1.69 bits per heavy atom. The Morgan fingerprint density at radius 1 is 0.962 bits per heavy atom. The molecular formula is C21H17N3OS. The number of rotatable bonds is 5. The molecule has 1 amide bonds. The molecule has 1 atom stereocenters. The first kappa shape index (κ1) is 16.3. The summed E-state index contributed by atoms with van der Waals surface area (Å²) in [4.78, 5) is 13.9. The number of carbonyl (C=O) groups is 1.